The SMILES string of the molecule is COCCC1CCN(C(=O)CCSc2ncnc3nc[nH]c23)c2ccccc21. The van der Waals surface area contributed by atoms with Gasteiger partial charge in [-0.05, 0) is 30.4 Å². The van der Waals surface area contributed by atoms with Crippen molar-refractivity contribution in [2.75, 3.05) is 30.9 Å². The summed E-state index contributed by atoms with van der Waals surface area (Å²) in [6.45, 7) is 1.50. The zero-order valence-electron chi connectivity index (χ0n) is 15.8. The number of anilines is 1. The van der Waals surface area contributed by atoms with Crippen LogP contribution in [0.3, 0.4) is 0 Å². The zero-order chi connectivity index (χ0) is 19.3. The van der Waals surface area contributed by atoms with Crippen molar-refractivity contribution in [2.24, 2.45) is 0 Å². The first kappa shape index (κ1) is 18.9. The van der Waals surface area contributed by atoms with E-state index >= 15 is 0 Å². The van der Waals surface area contributed by atoms with Gasteiger partial charge < -0.3 is 14.6 Å². The van der Waals surface area contributed by atoms with E-state index in [2.05, 4.69) is 32.1 Å². The van der Waals surface area contributed by atoms with Gasteiger partial charge >= 0.3 is 0 Å². The number of para-hydroxylation sites is 1. The largest absolute Gasteiger partial charge is 0.385 e. The molecule has 0 spiro atoms. The Labute approximate surface area is 167 Å². The number of rotatable bonds is 7. The Hall–Kier alpha value is -2.45. The van der Waals surface area contributed by atoms with Gasteiger partial charge in [-0.3, -0.25) is 4.79 Å². The predicted molar refractivity (Wildman–Crippen MR) is 110 cm³/mol. The number of nitrogens with zero attached hydrogens (tertiary/aromatic N) is 4. The molecule has 2 aromatic heterocycles. The second-order valence-corrected chi connectivity index (χ2v) is 7.83. The highest BCUT2D eigenvalue weighted by Crippen LogP contribution is 2.37. The fraction of sp³-hybridized carbons (Fsp3) is 0.400. The molecule has 0 saturated heterocycles. The number of aromatic amines is 1. The Morgan fingerprint density at radius 3 is 3.11 bits per heavy atom. The third kappa shape index (κ3) is 3.88. The molecule has 4 rings (SSSR count). The van der Waals surface area contributed by atoms with E-state index in [1.54, 1.807) is 25.2 Å². The molecule has 1 unspecified atom stereocenters. The summed E-state index contributed by atoms with van der Waals surface area (Å²) in [4.78, 5) is 30.5. The molecule has 146 valence electrons. The number of benzene rings is 1. The van der Waals surface area contributed by atoms with Gasteiger partial charge in [-0.25, -0.2) is 15.0 Å². The van der Waals surface area contributed by atoms with Crippen molar-refractivity contribution in [2.45, 2.75) is 30.2 Å². The molecule has 3 heterocycles. The lowest BCUT2D eigenvalue weighted by atomic mass is 9.87. The molecule has 1 aliphatic rings. The minimum Gasteiger partial charge on any atom is -0.385 e. The minimum atomic E-state index is 0.153. The Bertz CT molecular complexity index is 960. The van der Waals surface area contributed by atoms with Crippen LogP contribution >= 0.6 is 11.8 Å². The van der Waals surface area contributed by atoms with Gasteiger partial charge in [0, 0.05) is 38.1 Å². The molecule has 3 aromatic rings. The van der Waals surface area contributed by atoms with Gasteiger partial charge in [0.15, 0.2) is 5.65 Å². The van der Waals surface area contributed by atoms with Gasteiger partial charge in [-0.1, -0.05) is 18.2 Å². The number of hydrogen-bond acceptors (Lipinski definition) is 6. The van der Waals surface area contributed by atoms with Crippen LogP contribution in [0.15, 0.2) is 41.9 Å². The molecule has 8 heteroatoms. The molecule has 0 bridgehead atoms. The molecule has 7 nitrogen and oxygen atoms in total. The fourth-order valence-corrected chi connectivity index (χ4v) is 4.57. The molecule has 1 aliphatic heterocycles. The van der Waals surface area contributed by atoms with Gasteiger partial charge in [0.05, 0.1) is 6.33 Å². The predicted octanol–water partition coefficient (Wildman–Crippen LogP) is 3.39. The van der Waals surface area contributed by atoms with Gasteiger partial charge in [0.25, 0.3) is 0 Å². The number of imidazole rings is 1. The number of thioether (sulfide) groups is 1. The maximum atomic E-state index is 12.9. The number of carbonyl (C=O) groups is 1. The molecule has 0 radical (unpaired) electrons. The van der Waals surface area contributed by atoms with Crippen molar-refractivity contribution in [3.63, 3.8) is 0 Å². The van der Waals surface area contributed by atoms with Crippen LogP contribution in [0.25, 0.3) is 11.2 Å². The quantitative estimate of drug-likeness (QED) is 0.486. The van der Waals surface area contributed by atoms with Crippen molar-refractivity contribution >= 4 is 34.5 Å². The topological polar surface area (TPSA) is 84.0 Å². The van der Waals surface area contributed by atoms with E-state index in [4.69, 9.17) is 4.74 Å². The average molecular weight is 398 g/mol. The number of nitrogens with one attached hydrogen (secondary N) is 1. The van der Waals surface area contributed by atoms with E-state index in [0.29, 0.717) is 23.7 Å². The van der Waals surface area contributed by atoms with E-state index in [9.17, 15) is 4.79 Å². The summed E-state index contributed by atoms with van der Waals surface area (Å²) in [7, 11) is 1.73. The first-order chi connectivity index (χ1) is 13.8. The summed E-state index contributed by atoms with van der Waals surface area (Å²) in [5.41, 5.74) is 3.77. The Kier molecular flexibility index (Phi) is 5.87. The first-order valence-electron chi connectivity index (χ1n) is 9.43. The van der Waals surface area contributed by atoms with Crippen LogP contribution in [0.2, 0.25) is 0 Å². The van der Waals surface area contributed by atoms with Crippen molar-refractivity contribution in [1.29, 1.82) is 0 Å². The lowest BCUT2D eigenvalue weighted by Crippen LogP contribution is -2.37. The van der Waals surface area contributed by atoms with Gasteiger partial charge in [0.1, 0.15) is 16.9 Å². The highest BCUT2D eigenvalue weighted by Gasteiger charge is 2.28. The molecule has 0 aliphatic carbocycles. The fourth-order valence-electron chi connectivity index (χ4n) is 3.68. The third-order valence-electron chi connectivity index (χ3n) is 5.08. The lowest BCUT2D eigenvalue weighted by Gasteiger charge is -2.34. The van der Waals surface area contributed by atoms with Crippen LogP contribution in [-0.2, 0) is 9.53 Å². The summed E-state index contributed by atoms with van der Waals surface area (Å²) in [6, 6.07) is 8.24. The van der Waals surface area contributed by atoms with Gasteiger partial charge in [-0.2, -0.15) is 0 Å². The second-order valence-electron chi connectivity index (χ2n) is 6.75. The zero-order valence-corrected chi connectivity index (χ0v) is 16.6. The summed E-state index contributed by atoms with van der Waals surface area (Å²) >= 11 is 1.55. The maximum Gasteiger partial charge on any atom is 0.227 e. The molecule has 28 heavy (non-hydrogen) atoms. The smallest absolute Gasteiger partial charge is 0.227 e. The van der Waals surface area contributed by atoms with Crippen LogP contribution in [-0.4, -0.2) is 51.9 Å². The van der Waals surface area contributed by atoms with E-state index < -0.39 is 0 Å². The third-order valence-corrected chi connectivity index (χ3v) is 6.07. The number of H-pyrrole nitrogens is 1. The van der Waals surface area contributed by atoms with Crippen molar-refractivity contribution < 1.29 is 9.53 Å². The number of aromatic nitrogens is 4. The van der Waals surface area contributed by atoms with Crippen LogP contribution in [0, 0.1) is 0 Å². The molecule has 1 N–H and O–H groups in total. The van der Waals surface area contributed by atoms with E-state index in [0.717, 1.165) is 42.2 Å². The molecule has 0 saturated carbocycles. The van der Waals surface area contributed by atoms with Crippen LogP contribution in [0.1, 0.15) is 30.7 Å². The monoisotopic (exact) mass is 397 g/mol. The average Bonchev–Trinajstić information content (AvgIpc) is 3.21. The number of carbonyl (C=O) groups excluding carboxylic acids is 1. The molecular weight excluding hydrogens is 374 g/mol. The van der Waals surface area contributed by atoms with Crippen LogP contribution in [0.4, 0.5) is 5.69 Å². The summed E-state index contributed by atoms with van der Waals surface area (Å²) in [6.07, 6.45) is 5.54. The number of ether oxygens (including phenoxy) is 1. The Morgan fingerprint density at radius 2 is 2.21 bits per heavy atom. The second kappa shape index (κ2) is 8.70. The molecule has 0 fully saturated rings. The highest BCUT2D eigenvalue weighted by atomic mass is 32.2. The summed E-state index contributed by atoms with van der Waals surface area (Å²) in [5, 5.41) is 0.828. The number of methoxy groups -OCH3 is 1. The van der Waals surface area contributed by atoms with Crippen molar-refractivity contribution in [3.05, 3.63) is 42.5 Å². The molecule has 1 amide bonds. The Morgan fingerprint density at radius 1 is 1.32 bits per heavy atom. The number of amides is 1. The van der Waals surface area contributed by atoms with Crippen LogP contribution < -0.4 is 4.90 Å². The standard InChI is InChI=1S/C20H23N5O2S/c1-27-10-7-14-6-9-25(16-5-3-2-4-15(14)16)17(26)8-11-28-20-18-19(22-12-21-18)23-13-24-20/h2-5,12-14H,6-11H2,1H3,(H,21,22,23,24). The number of fused-ring (bicyclic) bond motifs is 2. The highest BCUT2D eigenvalue weighted by molar-refractivity contribution is 7.99. The van der Waals surface area contributed by atoms with Crippen LogP contribution in [0.5, 0.6) is 0 Å². The van der Waals surface area contributed by atoms with Crippen molar-refractivity contribution in [3.8, 4) is 0 Å². The number of hydrogen-bond donors (Lipinski definition) is 1. The summed E-state index contributed by atoms with van der Waals surface area (Å²) in [5.74, 6) is 1.26. The lowest BCUT2D eigenvalue weighted by molar-refractivity contribution is -0.118. The molecule has 1 aromatic carbocycles. The van der Waals surface area contributed by atoms with E-state index in [1.807, 2.05) is 17.0 Å². The Balaban J connectivity index is 1.41. The van der Waals surface area contributed by atoms with E-state index in [1.165, 1.54) is 11.9 Å². The minimum absolute atomic E-state index is 0.153. The normalized spacial score (nSPS) is 16.3. The summed E-state index contributed by atoms with van der Waals surface area (Å²) < 4.78 is 5.25. The molecular formula is C20H23N5O2S. The van der Waals surface area contributed by atoms with Crippen molar-refractivity contribution in [1.82, 2.24) is 19.9 Å². The first-order valence-corrected chi connectivity index (χ1v) is 10.4. The van der Waals surface area contributed by atoms with Gasteiger partial charge in [0.2, 0.25) is 5.91 Å². The maximum absolute atomic E-state index is 12.9. The van der Waals surface area contributed by atoms with Gasteiger partial charge in [-0.15, -0.1) is 11.8 Å². The molecule has 1 atom stereocenters. The van der Waals surface area contributed by atoms with E-state index in [-0.39, 0.29) is 5.91 Å².